The topological polar surface area (TPSA) is 32.3 Å². The average Bonchev–Trinajstić information content (AvgIpc) is 2.44. The average molecular weight is 199 g/mol. The van der Waals surface area contributed by atoms with Crippen LogP contribution in [0.1, 0.15) is 46.5 Å². The van der Waals surface area contributed by atoms with E-state index in [1.54, 1.807) is 0 Å². The molecule has 14 heavy (non-hydrogen) atoms. The molecule has 0 amide bonds. The lowest BCUT2D eigenvalue weighted by molar-refractivity contribution is 0.0709. The highest BCUT2D eigenvalue weighted by molar-refractivity contribution is 4.75. The predicted molar refractivity (Wildman–Crippen MR) is 60.3 cm³/mol. The number of hydrogen-bond acceptors (Lipinski definition) is 2. The van der Waals surface area contributed by atoms with Gasteiger partial charge in [-0.25, -0.2) is 0 Å². The van der Waals surface area contributed by atoms with Crippen molar-refractivity contribution in [2.24, 2.45) is 11.8 Å². The van der Waals surface area contributed by atoms with E-state index in [2.05, 4.69) is 12.2 Å². The molecule has 2 atom stereocenters. The fourth-order valence-corrected chi connectivity index (χ4v) is 2.21. The lowest BCUT2D eigenvalue weighted by atomic mass is 10.0. The Bertz CT molecular complexity index is 162. The monoisotopic (exact) mass is 199 g/mol. The minimum Gasteiger partial charge on any atom is -0.390 e. The van der Waals surface area contributed by atoms with Crippen molar-refractivity contribution in [1.29, 1.82) is 0 Å². The number of nitrogens with one attached hydrogen (secondary N) is 1. The maximum Gasteiger partial charge on any atom is 0.0603 e. The number of rotatable bonds is 5. The van der Waals surface area contributed by atoms with Gasteiger partial charge in [-0.3, -0.25) is 0 Å². The Hall–Kier alpha value is -0.0800. The molecule has 1 saturated carbocycles. The summed E-state index contributed by atoms with van der Waals surface area (Å²) in [7, 11) is 0. The van der Waals surface area contributed by atoms with Gasteiger partial charge >= 0.3 is 0 Å². The Balaban J connectivity index is 1.99. The van der Waals surface area contributed by atoms with Crippen LogP contribution >= 0.6 is 0 Å². The summed E-state index contributed by atoms with van der Waals surface area (Å²) in [6.45, 7) is 8.16. The van der Waals surface area contributed by atoms with E-state index in [0.717, 1.165) is 31.3 Å². The van der Waals surface area contributed by atoms with Gasteiger partial charge in [0.05, 0.1) is 5.60 Å². The van der Waals surface area contributed by atoms with Gasteiger partial charge in [0, 0.05) is 0 Å². The molecule has 0 bridgehead atoms. The van der Waals surface area contributed by atoms with Gasteiger partial charge in [-0.15, -0.1) is 0 Å². The van der Waals surface area contributed by atoms with Crippen molar-refractivity contribution in [2.45, 2.75) is 52.1 Å². The maximum atomic E-state index is 9.51. The van der Waals surface area contributed by atoms with Gasteiger partial charge in [-0.1, -0.05) is 13.3 Å². The second-order valence-electron chi connectivity index (χ2n) is 5.55. The molecule has 0 aliphatic heterocycles. The SMILES string of the molecule is CC1CCC(CNCCC(C)(C)O)C1. The van der Waals surface area contributed by atoms with Crippen LogP contribution in [0.5, 0.6) is 0 Å². The van der Waals surface area contributed by atoms with E-state index in [9.17, 15) is 5.11 Å². The lowest BCUT2D eigenvalue weighted by Crippen LogP contribution is -2.29. The van der Waals surface area contributed by atoms with Crippen LogP contribution in [0, 0.1) is 11.8 Å². The molecule has 2 nitrogen and oxygen atoms in total. The van der Waals surface area contributed by atoms with Gasteiger partial charge in [0.25, 0.3) is 0 Å². The van der Waals surface area contributed by atoms with Crippen molar-refractivity contribution in [3.8, 4) is 0 Å². The molecule has 1 aliphatic rings. The third kappa shape index (κ3) is 4.97. The van der Waals surface area contributed by atoms with E-state index in [0.29, 0.717) is 0 Å². The zero-order chi connectivity index (χ0) is 10.6. The van der Waals surface area contributed by atoms with Crippen LogP contribution in [-0.2, 0) is 0 Å². The van der Waals surface area contributed by atoms with E-state index in [-0.39, 0.29) is 0 Å². The first-order valence-electron chi connectivity index (χ1n) is 5.90. The molecule has 84 valence electrons. The summed E-state index contributed by atoms with van der Waals surface area (Å²) < 4.78 is 0. The standard InChI is InChI=1S/C12H25NO/c1-10-4-5-11(8-10)9-13-7-6-12(2,3)14/h10-11,13-14H,4-9H2,1-3H3. The Labute approximate surface area is 88.1 Å². The summed E-state index contributed by atoms with van der Waals surface area (Å²) in [5.74, 6) is 1.81. The smallest absolute Gasteiger partial charge is 0.0603 e. The molecule has 0 spiro atoms. The molecule has 1 fully saturated rings. The minimum absolute atomic E-state index is 0.518. The minimum atomic E-state index is -0.518. The summed E-state index contributed by atoms with van der Waals surface area (Å²) in [5.41, 5.74) is -0.518. The first-order chi connectivity index (χ1) is 6.47. The van der Waals surface area contributed by atoms with Crippen molar-refractivity contribution in [1.82, 2.24) is 5.32 Å². The quantitative estimate of drug-likeness (QED) is 0.665. The van der Waals surface area contributed by atoms with Crippen LogP contribution in [0.25, 0.3) is 0 Å². The molecule has 2 unspecified atom stereocenters. The van der Waals surface area contributed by atoms with Crippen molar-refractivity contribution in [3.05, 3.63) is 0 Å². The normalized spacial score (nSPS) is 28.3. The van der Waals surface area contributed by atoms with Gasteiger partial charge in [0.1, 0.15) is 0 Å². The summed E-state index contributed by atoms with van der Waals surface area (Å²) in [6, 6.07) is 0. The molecular formula is C12H25NO. The van der Waals surface area contributed by atoms with Crippen LogP contribution in [0.4, 0.5) is 0 Å². The fraction of sp³-hybridized carbons (Fsp3) is 1.00. The van der Waals surface area contributed by atoms with Crippen LogP contribution in [0.3, 0.4) is 0 Å². The van der Waals surface area contributed by atoms with E-state index in [1.165, 1.54) is 19.3 Å². The highest BCUT2D eigenvalue weighted by Crippen LogP contribution is 2.29. The predicted octanol–water partition coefficient (Wildman–Crippen LogP) is 2.17. The summed E-state index contributed by atoms with van der Waals surface area (Å²) in [4.78, 5) is 0. The van der Waals surface area contributed by atoms with Crippen molar-refractivity contribution >= 4 is 0 Å². The Morgan fingerprint density at radius 1 is 1.36 bits per heavy atom. The highest BCUT2D eigenvalue weighted by atomic mass is 16.3. The molecule has 0 heterocycles. The number of aliphatic hydroxyl groups is 1. The van der Waals surface area contributed by atoms with Crippen LogP contribution in [-0.4, -0.2) is 23.8 Å². The van der Waals surface area contributed by atoms with Gasteiger partial charge in [-0.05, 0) is 58.0 Å². The van der Waals surface area contributed by atoms with Crippen LogP contribution in [0.15, 0.2) is 0 Å². The molecule has 0 aromatic heterocycles. The van der Waals surface area contributed by atoms with Gasteiger partial charge < -0.3 is 10.4 Å². The third-order valence-electron chi connectivity index (χ3n) is 3.15. The molecule has 2 heteroatoms. The van der Waals surface area contributed by atoms with E-state index < -0.39 is 5.60 Å². The molecule has 0 aromatic rings. The molecular weight excluding hydrogens is 174 g/mol. The number of hydrogen-bond donors (Lipinski definition) is 2. The summed E-state index contributed by atoms with van der Waals surface area (Å²) >= 11 is 0. The van der Waals surface area contributed by atoms with Crippen molar-refractivity contribution in [2.75, 3.05) is 13.1 Å². The molecule has 2 N–H and O–H groups in total. The zero-order valence-electron chi connectivity index (χ0n) is 9.84. The maximum absolute atomic E-state index is 9.51. The summed E-state index contributed by atoms with van der Waals surface area (Å²) in [5, 5.41) is 13.0. The van der Waals surface area contributed by atoms with Crippen molar-refractivity contribution in [3.63, 3.8) is 0 Å². The van der Waals surface area contributed by atoms with Crippen LogP contribution in [0.2, 0.25) is 0 Å². The Kier molecular flexibility index (Phi) is 4.39. The fourth-order valence-electron chi connectivity index (χ4n) is 2.21. The summed E-state index contributed by atoms with van der Waals surface area (Å²) in [6.07, 6.45) is 5.01. The molecule has 1 aliphatic carbocycles. The highest BCUT2D eigenvalue weighted by Gasteiger charge is 2.20. The van der Waals surface area contributed by atoms with E-state index in [1.807, 2.05) is 13.8 Å². The lowest BCUT2D eigenvalue weighted by Gasteiger charge is -2.18. The Morgan fingerprint density at radius 2 is 2.07 bits per heavy atom. The molecule has 0 radical (unpaired) electrons. The van der Waals surface area contributed by atoms with Crippen molar-refractivity contribution < 1.29 is 5.11 Å². The first-order valence-corrected chi connectivity index (χ1v) is 5.90. The van der Waals surface area contributed by atoms with Gasteiger partial charge in [0.2, 0.25) is 0 Å². The molecule has 0 saturated heterocycles. The van der Waals surface area contributed by atoms with Crippen LogP contribution < -0.4 is 5.32 Å². The van der Waals surface area contributed by atoms with E-state index >= 15 is 0 Å². The second-order valence-corrected chi connectivity index (χ2v) is 5.55. The third-order valence-corrected chi connectivity index (χ3v) is 3.15. The second kappa shape index (κ2) is 5.13. The van der Waals surface area contributed by atoms with Gasteiger partial charge in [-0.2, -0.15) is 0 Å². The molecule has 0 aromatic carbocycles. The zero-order valence-corrected chi connectivity index (χ0v) is 9.84. The molecule has 1 rings (SSSR count). The van der Waals surface area contributed by atoms with E-state index in [4.69, 9.17) is 0 Å². The van der Waals surface area contributed by atoms with Gasteiger partial charge in [0.15, 0.2) is 0 Å². The largest absolute Gasteiger partial charge is 0.390 e. The Morgan fingerprint density at radius 3 is 2.57 bits per heavy atom. The first kappa shape index (κ1) is 12.0.